The van der Waals surface area contributed by atoms with Gasteiger partial charge < -0.3 is 10.2 Å². The minimum absolute atomic E-state index is 0.570. The smallest absolute Gasteiger partial charge is 0.188 e. The molecule has 0 aliphatic carbocycles. The molecule has 0 aliphatic rings. The van der Waals surface area contributed by atoms with Gasteiger partial charge in [-0.25, -0.2) is 9.78 Å². The van der Waals surface area contributed by atoms with E-state index < -0.39 is 12.6 Å². The van der Waals surface area contributed by atoms with Crippen LogP contribution in [0.5, 0.6) is 0 Å². The van der Waals surface area contributed by atoms with Crippen molar-refractivity contribution >= 4 is 0 Å². The number of rotatable bonds is 23. The summed E-state index contributed by atoms with van der Waals surface area (Å²) in [5, 5.41) is 19.5. The van der Waals surface area contributed by atoms with Crippen LogP contribution in [0.2, 0.25) is 0 Å². The van der Waals surface area contributed by atoms with Crippen LogP contribution in [0.15, 0.2) is 0 Å². The zero-order valence-corrected chi connectivity index (χ0v) is 19.0. The summed E-state index contributed by atoms with van der Waals surface area (Å²) in [5.74, 6) is 0. The molecule has 0 spiro atoms. The maximum Gasteiger partial charge on any atom is 0.188 e. The Kier molecular flexibility index (Phi) is 23.0. The minimum Gasteiger partial charge on any atom is -0.366 e. The predicted molar refractivity (Wildman–Crippen MR) is 118 cm³/mol. The van der Waals surface area contributed by atoms with Crippen molar-refractivity contribution in [1.82, 2.24) is 0 Å². The first-order valence-corrected chi connectivity index (χ1v) is 12.4. The second-order valence-corrected chi connectivity index (χ2v) is 8.34. The number of aliphatic hydroxyl groups excluding tert-OH is 2. The molecule has 0 amide bonds. The Morgan fingerprint density at radius 1 is 0.429 bits per heavy atom. The van der Waals surface area contributed by atoms with Crippen molar-refractivity contribution in [3.05, 3.63) is 0 Å². The van der Waals surface area contributed by atoms with Gasteiger partial charge in [-0.2, -0.15) is 0 Å². The van der Waals surface area contributed by atoms with Crippen molar-refractivity contribution in [1.29, 1.82) is 0 Å². The van der Waals surface area contributed by atoms with Gasteiger partial charge in [0.15, 0.2) is 12.6 Å². The van der Waals surface area contributed by atoms with Gasteiger partial charge in [0.1, 0.15) is 0 Å². The molecule has 0 rings (SSSR count). The summed E-state index contributed by atoms with van der Waals surface area (Å²) in [7, 11) is 0. The molecule has 0 heterocycles. The Labute approximate surface area is 175 Å². The second kappa shape index (κ2) is 23.1. The zero-order chi connectivity index (χ0) is 20.7. The van der Waals surface area contributed by atoms with Gasteiger partial charge >= 0.3 is 0 Å². The third kappa shape index (κ3) is 22.1. The van der Waals surface area contributed by atoms with E-state index in [2.05, 4.69) is 13.8 Å². The molecule has 0 fully saturated rings. The molecule has 2 N–H and O–H groups in total. The normalized spacial score (nSPS) is 13.7. The van der Waals surface area contributed by atoms with Gasteiger partial charge in [-0.3, -0.25) is 0 Å². The lowest BCUT2D eigenvalue weighted by atomic mass is 10.1. The Balaban J connectivity index is 3.29. The number of hydrogen-bond donors (Lipinski definition) is 2. The minimum atomic E-state index is -0.928. The van der Waals surface area contributed by atoms with Gasteiger partial charge in [-0.15, -0.1) is 0 Å². The molecular formula is C24H50O4. The molecule has 0 aromatic heterocycles. The van der Waals surface area contributed by atoms with Crippen molar-refractivity contribution in [2.75, 3.05) is 0 Å². The molecule has 0 aromatic carbocycles. The quantitative estimate of drug-likeness (QED) is 0.0808. The Hall–Kier alpha value is -0.160. The van der Waals surface area contributed by atoms with Crippen molar-refractivity contribution in [3.8, 4) is 0 Å². The van der Waals surface area contributed by atoms with E-state index >= 15 is 0 Å². The van der Waals surface area contributed by atoms with E-state index in [4.69, 9.17) is 9.78 Å². The molecule has 0 saturated carbocycles. The van der Waals surface area contributed by atoms with Gasteiger partial charge in [0.05, 0.1) is 0 Å². The Morgan fingerprint density at radius 2 is 0.679 bits per heavy atom. The lowest BCUT2D eigenvalue weighted by Gasteiger charge is -2.14. The topological polar surface area (TPSA) is 58.9 Å². The fourth-order valence-electron chi connectivity index (χ4n) is 3.48. The summed E-state index contributed by atoms with van der Waals surface area (Å²) in [6, 6.07) is 0. The Bertz CT molecular complexity index is 258. The van der Waals surface area contributed by atoms with E-state index in [1.807, 2.05) is 0 Å². The van der Waals surface area contributed by atoms with Crippen molar-refractivity contribution in [2.45, 2.75) is 155 Å². The second-order valence-electron chi connectivity index (χ2n) is 8.34. The molecule has 2 atom stereocenters. The van der Waals surface area contributed by atoms with Crippen LogP contribution in [0.1, 0.15) is 142 Å². The van der Waals surface area contributed by atoms with Gasteiger partial charge in [-0.1, -0.05) is 117 Å². The molecular weight excluding hydrogens is 352 g/mol. The van der Waals surface area contributed by atoms with Crippen molar-refractivity contribution in [2.24, 2.45) is 0 Å². The maximum absolute atomic E-state index is 9.77. The molecule has 4 heteroatoms. The number of aliphatic hydroxyl groups is 2. The molecule has 2 unspecified atom stereocenters. The molecule has 170 valence electrons. The van der Waals surface area contributed by atoms with Crippen LogP contribution in [0, 0.1) is 0 Å². The van der Waals surface area contributed by atoms with E-state index in [0.717, 1.165) is 25.7 Å². The van der Waals surface area contributed by atoms with Crippen molar-refractivity contribution in [3.63, 3.8) is 0 Å². The third-order valence-electron chi connectivity index (χ3n) is 5.39. The van der Waals surface area contributed by atoms with E-state index in [0.29, 0.717) is 12.8 Å². The third-order valence-corrected chi connectivity index (χ3v) is 5.39. The maximum atomic E-state index is 9.77. The van der Waals surface area contributed by atoms with Crippen LogP contribution in [-0.2, 0) is 9.78 Å². The van der Waals surface area contributed by atoms with E-state index in [-0.39, 0.29) is 0 Å². The molecule has 0 bridgehead atoms. The summed E-state index contributed by atoms with van der Waals surface area (Å²) >= 11 is 0. The van der Waals surface area contributed by atoms with Crippen LogP contribution < -0.4 is 0 Å². The highest BCUT2D eigenvalue weighted by Gasteiger charge is 2.10. The van der Waals surface area contributed by atoms with Crippen LogP contribution >= 0.6 is 0 Å². The van der Waals surface area contributed by atoms with Crippen molar-refractivity contribution < 1.29 is 20.0 Å². The zero-order valence-electron chi connectivity index (χ0n) is 19.0. The molecule has 0 saturated heterocycles. The number of hydrogen-bond acceptors (Lipinski definition) is 4. The standard InChI is InChI=1S/C24H50O4/c1-3-5-7-9-11-13-15-17-19-21-23(25)27-28-24(26)22-20-18-16-14-12-10-8-6-4-2/h23-26H,3-22H2,1-2H3. The molecule has 28 heavy (non-hydrogen) atoms. The first kappa shape index (κ1) is 27.8. The molecule has 0 radical (unpaired) electrons. The average Bonchev–Trinajstić information content (AvgIpc) is 2.69. The Morgan fingerprint density at radius 3 is 0.964 bits per heavy atom. The van der Waals surface area contributed by atoms with Gasteiger partial charge in [0.2, 0.25) is 0 Å². The predicted octanol–water partition coefficient (Wildman–Crippen LogP) is 7.41. The van der Waals surface area contributed by atoms with Crippen LogP contribution in [0.25, 0.3) is 0 Å². The summed E-state index contributed by atoms with van der Waals surface area (Å²) in [6.45, 7) is 4.49. The first-order valence-electron chi connectivity index (χ1n) is 12.4. The largest absolute Gasteiger partial charge is 0.366 e. The SMILES string of the molecule is CCCCCCCCCCCC(O)OOC(O)CCCCCCCCCCC. The summed E-state index contributed by atoms with van der Waals surface area (Å²) in [6.07, 6.45) is 21.8. The van der Waals surface area contributed by atoms with E-state index in [1.165, 1.54) is 89.9 Å². The summed E-state index contributed by atoms with van der Waals surface area (Å²) in [4.78, 5) is 9.83. The summed E-state index contributed by atoms with van der Waals surface area (Å²) in [5.41, 5.74) is 0. The first-order chi connectivity index (χ1) is 13.7. The van der Waals surface area contributed by atoms with Gasteiger partial charge in [0.25, 0.3) is 0 Å². The van der Waals surface area contributed by atoms with E-state index in [9.17, 15) is 10.2 Å². The molecule has 4 nitrogen and oxygen atoms in total. The lowest BCUT2D eigenvalue weighted by Crippen LogP contribution is -2.19. The highest BCUT2D eigenvalue weighted by molar-refractivity contribution is 4.50. The lowest BCUT2D eigenvalue weighted by molar-refractivity contribution is -0.424. The average molecular weight is 403 g/mol. The van der Waals surface area contributed by atoms with Crippen LogP contribution in [-0.4, -0.2) is 22.8 Å². The van der Waals surface area contributed by atoms with Gasteiger partial charge in [0, 0.05) is 12.8 Å². The number of unbranched alkanes of at least 4 members (excludes halogenated alkanes) is 16. The van der Waals surface area contributed by atoms with Crippen LogP contribution in [0.3, 0.4) is 0 Å². The van der Waals surface area contributed by atoms with Crippen LogP contribution in [0.4, 0.5) is 0 Å². The monoisotopic (exact) mass is 402 g/mol. The van der Waals surface area contributed by atoms with E-state index in [1.54, 1.807) is 0 Å². The van der Waals surface area contributed by atoms with Gasteiger partial charge in [-0.05, 0) is 12.8 Å². The summed E-state index contributed by atoms with van der Waals surface area (Å²) < 4.78 is 0. The molecule has 0 aliphatic heterocycles. The fraction of sp³-hybridized carbons (Fsp3) is 1.00. The molecule has 0 aromatic rings. The fourth-order valence-corrected chi connectivity index (χ4v) is 3.48. The highest BCUT2D eigenvalue weighted by atomic mass is 17.2. The highest BCUT2D eigenvalue weighted by Crippen LogP contribution is 2.14.